The van der Waals surface area contributed by atoms with Crippen LogP contribution in [0.3, 0.4) is 0 Å². The highest BCUT2D eigenvalue weighted by atomic mass is 35.5. The van der Waals surface area contributed by atoms with Gasteiger partial charge in [-0.25, -0.2) is 4.79 Å². The number of rotatable bonds is 7. The van der Waals surface area contributed by atoms with Crippen molar-refractivity contribution in [2.45, 2.75) is 51.2 Å². The predicted molar refractivity (Wildman–Crippen MR) is 128 cm³/mol. The van der Waals surface area contributed by atoms with E-state index in [1.165, 1.54) is 12.1 Å². The lowest BCUT2D eigenvalue weighted by molar-refractivity contribution is -0.137. The Morgan fingerprint density at radius 2 is 1.83 bits per heavy atom. The summed E-state index contributed by atoms with van der Waals surface area (Å²) < 4.78 is 45.4. The number of benzene rings is 1. The van der Waals surface area contributed by atoms with Crippen molar-refractivity contribution in [2.24, 2.45) is 5.92 Å². The van der Waals surface area contributed by atoms with Gasteiger partial charge < -0.3 is 9.42 Å². The van der Waals surface area contributed by atoms with Crippen LogP contribution in [0.15, 0.2) is 45.8 Å². The molecule has 1 saturated carbocycles. The number of piperidine rings is 1. The zero-order valence-electron chi connectivity index (χ0n) is 19.6. The summed E-state index contributed by atoms with van der Waals surface area (Å²) >= 11 is 0. The number of likely N-dealkylation sites (tertiary alicyclic amines) is 1. The minimum Gasteiger partial charge on any atom is -0.361 e. The van der Waals surface area contributed by atoms with Gasteiger partial charge in [0.05, 0.1) is 22.5 Å². The van der Waals surface area contributed by atoms with E-state index in [9.17, 15) is 18.0 Å². The van der Waals surface area contributed by atoms with Crippen molar-refractivity contribution >= 4 is 12.4 Å². The molecule has 5 rings (SSSR count). The number of unbranched alkanes of at least 4 members (excludes halogenated alkanes) is 1. The van der Waals surface area contributed by atoms with Crippen LogP contribution in [0.2, 0.25) is 0 Å². The second-order valence-corrected chi connectivity index (χ2v) is 9.56. The summed E-state index contributed by atoms with van der Waals surface area (Å²) in [4.78, 5) is 19.1. The Bertz CT molecular complexity index is 1240. The van der Waals surface area contributed by atoms with Crippen LogP contribution in [0.4, 0.5) is 13.2 Å². The summed E-state index contributed by atoms with van der Waals surface area (Å²) in [5.41, 5.74) is 2.19. The Hall–Kier alpha value is -2.65. The summed E-state index contributed by atoms with van der Waals surface area (Å²) in [7, 11) is 0. The molecule has 0 N–H and O–H groups in total. The van der Waals surface area contributed by atoms with Gasteiger partial charge in [0.1, 0.15) is 5.76 Å². The minimum absolute atomic E-state index is 0. The van der Waals surface area contributed by atoms with Gasteiger partial charge in [-0.15, -0.1) is 12.4 Å². The van der Waals surface area contributed by atoms with Crippen LogP contribution in [0.25, 0.3) is 11.3 Å². The van der Waals surface area contributed by atoms with E-state index in [-0.39, 0.29) is 23.5 Å². The van der Waals surface area contributed by atoms with Crippen LogP contribution in [-0.2, 0) is 18.1 Å². The Morgan fingerprint density at radius 3 is 2.46 bits per heavy atom. The van der Waals surface area contributed by atoms with Crippen molar-refractivity contribution in [3.8, 4) is 11.3 Å². The Labute approximate surface area is 207 Å². The molecule has 2 aromatic heterocycles. The molecule has 3 heterocycles. The van der Waals surface area contributed by atoms with E-state index >= 15 is 0 Å². The molecule has 0 spiro atoms. The van der Waals surface area contributed by atoms with Crippen molar-refractivity contribution in [3.05, 3.63) is 69.6 Å². The van der Waals surface area contributed by atoms with Gasteiger partial charge in [0.15, 0.2) is 0 Å². The summed E-state index contributed by atoms with van der Waals surface area (Å²) in [6.07, 6.45) is 0.302. The average Bonchev–Trinajstić information content (AvgIpc) is 3.20. The molecule has 10 heteroatoms. The Balaban J connectivity index is 0.00000289. The van der Waals surface area contributed by atoms with E-state index in [0.29, 0.717) is 29.6 Å². The van der Waals surface area contributed by atoms with E-state index in [1.807, 2.05) is 13.0 Å². The first-order chi connectivity index (χ1) is 16.2. The first kappa shape index (κ1) is 25.4. The first-order valence-electron chi connectivity index (χ1n) is 11.6. The van der Waals surface area contributed by atoms with Crippen LogP contribution < -0.4 is 5.69 Å². The second-order valence-electron chi connectivity index (χ2n) is 9.56. The van der Waals surface area contributed by atoms with Gasteiger partial charge in [-0.05, 0) is 69.3 Å². The number of fused-ring (bicyclic) bond motifs is 1. The lowest BCUT2D eigenvalue weighted by Gasteiger charge is -2.21. The summed E-state index contributed by atoms with van der Waals surface area (Å²) in [6, 6.07) is 7.52. The zero-order valence-corrected chi connectivity index (χ0v) is 20.5. The molecule has 35 heavy (non-hydrogen) atoms. The van der Waals surface area contributed by atoms with E-state index in [4.69, 9.17) is 4.52 Å². The summed E-state index contributed by atoms with van der Waals surface area (Å²) in [5.74, 6) is 1.16. The van der Waals surface area contributed by atoms with Gasteiger partial charge in [0.25, 0.3) is 0 Å². The van der Waals surface area contributed by atoms with Gasteiger partial charge in [-0.3, -0.25) is 4.57 Å². The fourth-order valence-corrected chi connectivity index (χ4v) is 5.40. The molecule has 0 radical (unpaired) electrons. The number of aromatic nitrogens is 3. The molecule has 1 aromatic carbocycles. The quantitative estimate of drug-likeness (QED) is 0.420. The van der Waals surface area contributed by atoms with E-state index in [0.717, 1.165) is 50.0 Å². The maximum Gasteiger partial charge on any atom is 0.416 e. The molecule has 1 aliphatic heterocycles. The molecule has 0 bridgehead atoms. The molecular weight excluding hydrogens is 481 g/mol. The maximum atomic E-state index is 12.9. The summed E-state index contributed by atoms with van der Waals surface area (Å²) in [5, 5.41) is 3.92. The molecule has 2 fully saturated rings. The third-order valence-electron chi connectivity index (χ3n) is 7.29. The molecule has 1 aliphatic carbocycles. The van der Waals surface area contributed by atoms with Crippen LogP contribution in [0, 0.1) is 19.8 Å². The highest BCUT2D eigenvalue weighted by Crippen LogP contribution is 2.59. The number of alkyl halides is 3. The lowest BCUT2D eigenvalue weighted by Crippen LogP contribution is -2.28. The fraction of sp³-hybridized carbons (Fsp3) is 0.480. The number of halogens is 4. The van der Waals surface area contributed by atoms with E-state index in [1.54, 1.807) is 29.8 Å². The SMILES string of the molecule is Cc1noc(C)c1-c1ccn(CCCCN2C[C@@H]3C[C@]3(c3ccc(C(F)(F)F)cc3)C2)c(=O)n1.Cl. The predicted octanol–water partition coefficient (Wildman–Crippen LogP) is 5.01. The normalized spacial score (nSPS) is 21.6. The topological polar surface area (TPSA) is 64.2 Å². The number of nitrogens with zero attached hydrogens (tertiary/aromatic N) is 4. The maximum absolute atomic E-state index is 12.9. The van der Waals surface area contributed by atoms with Gasteiger partial charge in [-0.2, -0.15) is 18.2 Å². The van der Waals surface area contributed by atoms with Gasteiger partial charge in [0.2, 0.25) is 0 Å². The average molecular weight is 509 g/mol. The number of hydrogen-bond acceptors (Lipinski definition) is 5. The Morgan fingerprint density at radius 1 is 1.11 bits per heavy atom. The molecule has 1 saturated heterocycles. The van der Waals surface area contributed by atoms with Crippen molar-refractivity contribution in [2.75, 3.05) is 19.6 Å². The van der Waals surface area contributed by atoms with Gasteiger partial charge >= 0.3 is 11.9 Å². The van der Waals surface area contributed by atoms with Crippen LogP contribution in [0.5, 0.6) is 0 Å². The standard InChI is InChI=1S/C25H27F3N4O2.ClH/c1-16-22(17(2)34-30-16)21-9-12-32(23(33)29-21)11-4-3-10-31-14-20-13-24(20,15-31)18-5-7-19(8-6-18)25(26,27)28;/h5-9,12,20H,3-4,10-11,13-15H2,1-2H3;1H/t20-,24+;/m0./s1. The van der Waals surface area contributed by atoms with Gasteiger partial charge in [0, 0.05) is 31.2 Å². The molecule has 0 amide bonds. The molecule has 0 unspecified atom stereocenters. The lowest BCUT2D eigenvalue weighted by atomic mass is 9.94. The fourth-order valence-electron chi connectivity index (χ4n) is 5.40. The van der Waals surface area contributed by atoms with E-state index < -0.39 is 11.7 Å². The van der Waals surface area contributed by atoms with Crippen molar-refractivity contribution in [1.82, 2.24) is 19.6 Å². The molecule has 3 aromatic rings. The first-order valence-corrected chi connectivity index (χ1v) is 11.6. The zero-order chi connectivity index (χ0) is 24.1. The largest absolute Gasteiger partial charge is 0.416 e. The van der Waals surface area contributed by atoms with Crippen LogP contribution in [0.1, 0.15) is 41.8 Å². The van der Waals surface area contributed by atoms with Crippen molar-refractivity contribution < 1.29 is 17.7 Å². The monoisotopic (exact) mass is 508 g/mol. The summed E-state index contributed by atoms with van der Waals surface area (Å²) in [6.45, 7) is 6.99. The second kappa shape index (κ2) is 9.43. The minimum atomic E-state index is -4.30. The third kappa shape index (κ3) is 4.89. The molecule has 6 nitrogen and oxygen atoms in total. The molecule has 2 aliphatic rings. The highest BCUT2D eigenvalue weighted by molar-refractivity contribution is 5.85. The third-order valence-corrected chi connectivity index (χ3v) is 7.29. The van der Waals surface area contributed by atoms with Crippen molar-refractivity contribution in [3.63, 3.8) is 0 Å². The van der Waals surface area contributed by atoms with E-state index in [2.05, 4.69) is 15.0 Å². The number of aryl methyl sites for hydroxylation is 3. The molecular formula is C25H28ClF3N4O2. The molecule has 188 valence electrons. The highest BCUT2D eigenvalue weighted by Gasteiger charge is 2.60. The van der Waals surface area contributed by atoms with Crippen LogP contribution in [-0.4, -0.2) is 39.2 Å². The van der Waals surface area contributed by atoms with Gasteiger partial charge in [-0.1, -0.05) is 17.3 Å². The van der Waals surface area contributed by atoms with Crippen molar-refractivity contribution in [1.29, 1.82) is 0 Å². The van der Waals surface area contributed by atoms with Crippen LogP contribution >= 0.6 is 12.4 Å². The Kier molecular flexibility index (Phi) is 6.85. The molecule has 2 atom stereocenters. The smallest absolute Gasteiger partial charge is 0.361 e. The number of hydrogen-bond donors (Lipinski definition) is 0.